The lowest BCUT2D eigenvalue weighted by molar-refractivity contribution is 0.482. The molecule has 0 atom stereocenters. The Bertz CT molecular complexity index is 1460. The normalized spacial score (nSPS) is 11.3. The van der Waals surface area contributed by atoms with Crippen molar-refractivity contribution in [2.24, 2.45) is 0 Å². The third-order valence-corrected chi connectivity index (χ3v) is 5.07. The summed E-state index contributed by atoms with van der Waals surface area (Å²) in [7, 11) is 0. The Labute approximate surface area is 175 Å². The minimum atomic E-state index is -0.507. The van der Waals surface area contributed by atoms with Gasteiger partial charge in [-0.05, 0) is 42.0 Å². The van der Waals surface area contributed by atoms with E-state index in [9.17, 15) is 14.0 Å². The second kappa shape index (κ2) is 7.56. The van der Waals surface area contributed by atoms with Crippen LogP contribution in [0.25, 0.3) is 16.9 Å². The van der Waals surface area contributed by atoms with Gasteiger partial charge in [0.05, 0.1) is 24.8 Å². The summed E-state index contributed by atoms with van der Waals surface area (Å²) in [6, 6.07) is 18.5. The van der Waals surface area contributed by atoms with Gasteiger partial charge in [0.15, 0.2) is 11.2 Å². The second-order valence-corrected chi connectivity index (χ2v) is 7.10. The molecule has 0 unspecified atom stereocenters. The molecule has 0 fully saturated rings. The monoisotopic (exact) mass is 416 g/mol. The quantitative estimate of drug-likeness (QED) is 0.441. The smallest absolute Gasteiger partial charge is 0.337 e. The van der Waals surface area contributed by atoms with Gasteiger partial charge in [0.2, 0.25) is 0 Å². The zero-order chi connectivity index (χ0) is 21.4. The van der Waals surface area contributed by atoms with E-state index in [4.69, 9.17) is 4.42 Å². The van der Waals surface area contributed by atoms with Gasteiger partial charge in [-0.3, -0.25) is 9.36 Å². The maximum Gasteiger partial charge on any atom is 0.337 e. The van der Waals surface area contributed by atoms with Crippen molar-refractivity contribution < 1.29 is 8.81 Å². The molecule has 154 valence electrons. The maximum atomic E-state index is 13.4. The fraction of sp³-hybridized carbons (Fsp3) is 0.0870. The minimum absolute atomic E-state index is 0.00479. The Hall–Kier alpha value is -4.20. The highest BCUT2D eigenvalue weighted by atomic mass is 19.1. The molecule has 0 spiro atoms. The van der Waals surface area contributed by atoms with Crippen molar-refractivity contribution in [3.8, 4) is 5.69 Å². The molecule has 5 rings (SSSR count). The summed E-state index contributed by atoms with van der Waals surface area (Å²) < 4.78 is 22.9. The van der Waals surface area contributed by atoms with Crippen LogP contribution in [0.4, 0.5) is 4.39 Å². The lowest BCUT2D eigenvalue weighted by atomic mass is 10.2. The number of halogens is 1. The van der Waals surface area contributed by atoms with E-state index in [-0.39, 0.29) is 23.5 Å². The van der Waals surface area contributed by atoms with Gasteiger partial charge in [0.1, 0.15) is 11.6 Å². The average Bonchev–Trinajstić information content (AvgIpc) is 3.44. The fourth-order valence-corrected chi connectivity index (χ4v) is 3.59. The number of furan rings is 1. The van der Waals surface area contributed by atoms with Crippen LogP contribution in [0, 0.1) is 5.82 Å². The number of para-hydroxylation sites is 1. The first-order valence-electron chi connectivity index (χ1n) is 9.65. The lowest BCUT2D eigenvalue weighted by Gasteiger charge is -2.12. The van der Waals surface area contributed by atoms with Gasteiger partial charge < -0.3 is 8.98 Å². The Kier molecular flexibility index (Phi) is 4.59. The number of rotatable bonds is 5. The number of hydrogen-bond donors (Lipinski definition) is 0. The third kappa shape index (κ3) is 3.38. The average molecular weight is 416 g/mol. The van der Waals surface area contributed by atoms with Crippen LogP contribution in [0.5, 0.6) is 0 Å². The van der Waals surface area contributed by atoms with E-state index in [1.54, 1.807) is 41.0 Å². The van der Waals surface area contributed by atoms with Crippen LogP contribution in [0.3, 0.4) is 0 Å². The number of imidazole rings is 1. The summed E-state index contributed by atoms with van der Waals surface area (Å²) in [6.45, 7) is 0.301. The largest absolute Gasteiger partial charge is 0.467 e. The van der Waals surface area contributed by atoms with Gasteiger partial charge in [0.25, 0.3) is 5.56 Å². The highest BCUT2D eigenvalue weighted by Gasteiger charge is 2.20. The summed E-state index contributed by atoms with van der Waals surface area (Å²) in [5, 5.41) is 0. The van der Waals surface area contributed by atoms with Crippen molar-refractivity contribution in [2.75, 3.05) is 0 Å². The SMILES string of the molecule is O=c1c2c(ncn2Cc2ccc(F)cc2)n(-c2ccccc2)c(=O)n1Cc1ccco1. The number of hydrogen-bond acceptors (Lipinski definition) is 4. The summed E-state index contributed by atoms with van der Waals surface area (Å²) >= 11 is 0. The third-order valence-electron chi connectivity index (χ3n) is 5.07. The molecule has 0 aliphatic carbocycles. The topological polar surface area (TPSA) is 75.0 Å². The van der Waals surface area contributed by atoms with Gasteiger partial charge in [-0.25, -0.2) is 18.7 Å². The first-order chi connectivity index (χ1) is 15.1. The Morgan fingerprint density at radius 2 is 1.68 bits per heavy atom. The van der Waals surface area contributed by atoms with Crippen LogP contribution in [-0.2, 0) is 13.1 Å². The van der Waals surface area contributed by atoms with Gasteiger partial charge in [-0.2, -0.15) is 0 Å². The molecule has 0 radical (unpaired) electrons. The number of fused-ring (bicyclic) bond motifs is 1. The van der Waals surface area contributed by atoms with Crippen molar-refractivity contribution in [1.29, 1.82) is 0 Å². The molecule has 0 saturated heterocycles. The van der Waals surface area contributed by atoms with Crippen molar-refractivity contribution in [3.05, 3.63) is 117 Å². The molecule has 2 aromatic carbocycles. The molecule has 0 saturated carbocycles. The molecular weight excluding hydrogens is 399 g/mol. The molecule has 0 aliphatic heterocycles. The van der Waals surface area contributed by atoms with E-state index in [0.29, 0.717) is 18.0 Å². The Balaban J connectivity index is 1.75. The summed E-state index contributed by atoms with van der Waals surface area (Å²) in [6.07, 6.45) is 3.01. The second-order valence-electron chi connectivity index (χ2n) is 7.10. The van der Waals surface area contributed by atoms with Crippen LogP contribution in [-0.4, -0.2) is 18.7 Å². The summed E-state index contributed by atoms with van der Waals surface area (Å²) in [5.74, 6) is 0.153. The van der Waals surface area contributed by atoms with Gasteiger partial charge >= 0.3 is 5.69 Å². The van der Waals surface area contributed by atoms with Crippen molar-refractivity contribution in [3.63, 3.8) is 0 Å². The molecule has 0 aliphatic rings. The number of aromatic nitrogens is 4. The van der Waals surface area contributed by atoms with Crippen LogP contribution in [0.2, 0.25) is 0 Å². The molecule has 31 heavy (non-hydrogen) atoms. The Morgan fingerprint density at radius 1 is 0.903 bits per heavy atom. The highest BCUT2D eigenvalue weighted by molar-refractivity contribution is 5.72. The highest BCUT2D eigenvalue weighted by Crippen LogP contribution is 2.15. The van der Waals surface area contributed by atoms with Crippen LogP contribution in [0.15, 0.2) is 93.3 Å². The van der Waals surface area contributed by atoms with Crippen LogP contribution >= 0.6 is 0 Å². The van der Waals surface area contributed by atoms with Crippen molar-refractivity contribution >= 4 is 11.2 Å². The maximum absolute atomic E-state index is 13.4. The molecule has 7 nitrogen and oxygen atoms in total. The van der Waals surface area contributed by atoms with Gasteiger partial charge in [-0.15, -0.1) is 0 Å². The zero-order valence-corrected chi connectivity index (χ0v) is 16.3. The predicted molar refractivity (Wildman–Crippen MR) is 113 cm³/mol. The van der Waals surface area contributed by atoms with E-state index < -0.39 is 11.2 Å². The van der Waals surface area contributed by atoms with Gasteiger partial charge in [-0.1, -0.05) is 30.3 Å². The van der Waals surface area contributed by atoms with E-state index in [0.717, 1.165) is 10.1 Å². The Morgan fingerprint density at radius 3 is 2.39 bits per heavy atom. The molecule has 0 N–H and O–H groups in total. The molecule has 5 aromatic rings. The molecule has 0 bridgehead atoms. The van der Waals surface area contributed by atoms with E-state index in [2.05, 4.69) is 4.98 Å². The van der Waals surface area contributed by atoms with E-state index in [1.165, 1.54) is 29.3 Å². The predicted octanol–water partition coefficient (Wildman–Crippen LogP) is 3.18. The summed E-state index contributed by atoms with van der Waals surface area (Å²) in [4.78, 5) is 31.1. The van der Waals surface area contributed by atoms with E-state index in [1.807, 2.05) is 18.2 Å². The van der Waals surface area contributed by atoms with Crippen LogP contribution < -0.4 is 11.2 Å². The molecular formula is C23H17FN4O3. The molecule has 3 aromatic heterocycles. The standard InChI is InChI=1S/C23H17FN4O3/c24-17-10-8-16(9-11-17)13-26-15-25-21-20(26)22(29)27(14-19-7-4-12-31-19)23(30)28(21)18-5-2-1-3-6-18/h1-12,15H,13-14H2. The summed E-state index contributed by atoms with van der Waals surface area (Å²) in [5.41, 5.74) is 0.960. The molecule has 3 heterocycles. The van der Waals surface area contributed by atoms with Gasteiger partial charge in [0, 0.05) is 6.54 Å². The van der Waals surface area contributed by atoms with Crippen LogP contribution in [0.1, 0.15) is 11.3 Å². The fourth-order valence-electron chi connectivity index (χ4n) is 3.59. The van der Waals surface area contributed by atoms with Crippen molar-refractivity contribution in [1.82, 2.24) is 18.7 Å². The number of nitrogens with zero attached hydrogens (tertiary/aromatic N) is 4. The molecule has 0 amide bonds. The molecule has 8 heteroatoms. The first-order valence-corrected chi connectivity index (χ1v) is 9.65. The first kappa shape index (κ1) is 18.8. The zero-order valence-electron chi connectivity index (χ0n) is 16.3. The van der Waals surface area contributed by atoms with Crippen molar-refractivity contribution in [2.45, 2.75) is 13.1 Å². The lowest BCUT2D eigenvalue weighted by Crippen LogP contribution is -2.40. The van der Waals surface area contributed by atoms with E-state index >= 15 is 0 Å². The number of benzene rings is 2. The minimum Gasteiger partial charge on any atom is -0.467 e.